The Bertz CT molecular complexity index is 1000. The molecule has 0 spiro atoms. The van der Waals surface area contributed by atoms with Crippen LogP contribution >= 0.6 is 11.6 Å². The normalized spacial score (nSPS) is 15.1. The lowest BCUT2D eigenvalue weighted by Gasteiger charge is -2.26. The number of carbonyl (C=O) groups excluding carboxylic acids is 1. The third-order valence-electron chi connectivity index (χ3n) is 4.67. The first-order valence-corrected chi connectivity index (χ1v) is 11.0. The van der Waals surface area contributed by atoms with E-state index in [-0.39, 0.29) is 35.3 Å². The molecule has 0 bridgehead atoms. The highest BCUT2D eigenvalue weighted by Gasteiger charge is 2.27. The van der Waals surface area contributed by atoms with E-state index in [1.165, 1.54) is 22.5 Å². The van der Waals surface area contributed by atoms with Crippen molar-refractivity contribution in [3.63, 3.8) is 0 Å². The molecule has 0 unspecified atom stereocenters. The molecule has 0 saturated carbocycles. The van der Waals surface area contributed by atoms with Crippen LogP contribution in [0.3, 0.4) is 0 Å². The highest BCUT2D eigenvalue weighted by Crippen LogP contribution is 2.27. The second-order valence-corrected chi connectivity index (χ2v) is 9.09. The van der Waals surface area contributed by atoms with Gasteiger partial charge in [0.05, 0.1) is 28.8 Å². The van der Waals surface area contributed by atoms with Crippen molar-refractivity contribution in [3.8, 4) is 5.75 Å². The summed E-state index contributed by atoms with van der Waals surface area (Å²) in [7, 11) is -3.69. The van der Waals surface area contributed by atoms with Crippen LogP contribution in [0.5, 0.6) is 5.75 Å². The molecule has 1 saturated heterocycles. The van der Waals surface area contributed by atoms with Gasteiger partial charge >= 0.3 is 0 Å². The van der Waals surface area contributed by atoms with Crippen LogP contribution in [0.25, 0.3) is 0 Å². The molecular weight excluding hydrogens is 416 g/mol. The molecular formula is C20H23ClN2O5S. The number of rotatable bonds is 6. The first-order valence-electron chi connectivity index (χ1n) is 9.15. The lowest BCUT2D eigenvalue weighted by molar-refractivity contribution is -0.118. The van der Waals surface area contributed by atoms with Crippen LogP contribution < -0.4 is 10.1 Å². The Labute approximate surface area is 175 Å². The van der Waals surface area contributed by atoms with Crippen molar-refractivity contribution in [1.29, 1.82) is 0 Å². The van der Waals surface area contributed by atoms with Gasteiger partial charge in [0, 0.05) is 13.1 Å². The predicted molar refractivity (Wildman–Crippen MR) is 111 cm³/mol. The van der Waals surface area contributed by atoms with E-state index in [0.29, 0.717) is 19.0 Å². The molecule has 29 heavy (non-hydrogen) atoms. The number of aryl methyl sites for hydroxylation is 2. The van der Waals surface area contributed by atoms with Gasteiger partial charge in [-0.3, -0.25) is 4.79 Å². The van der Waals surface area contributed by atoms with Gasteiger partial charge < -0.3 is 14.8 Å². The fourth-order valence-corrected chi connectivity index (χ4v) is 4.44. The van der Waals surface area contributed by atoms with Gasteiger partial charge in [-0.25, -0.2) is 8.42 Å². The van der Waals surface area contributed by atoms with E-state index in [4.69, 9.17) is 21.1 Å². The second-order valence-electron chi connectivity index (χ2n) is 6.74. The van der Waals surface area contributed by atoms with Crippen molar-refractivity contribution in [3.05, 3.63) is 52.5 Å². The number of anilines is 1. The van der Waals surface area contributed by atoms with Gasteiger partial charge in [-0.1, -0.05) is 17.7 Å². The number of hydrogen-bond acceptors (Lipinski definition) is 5. The summed E-state index contributed by atoms with van der Waals surface area (Å²) in [5, 5.41) is 2.86. The van der Waals surface area contributed by atoms with Crippen LogP contribution in [0.1, 0.15) is 11.1 Å². The van der Waals surface area contributed by atoms with E-state index in [9.17, 15) is 13.2 Å². The Balaban J connectivity index is 1.69. The van der Waals surface area contributed by atoms with Crippen molar-refractivity contribution >= 4 is 33.2 Å². The molecule has 1 aliphatic heterocycles. The average Bonchev–Trinajstić information content (AvgIpc) is 2.71. The molecule has 156 valence electrons. The lowest BCUT2D eigenvalue weighted by atomic mass is 10.1. The zero-order valence-electron chi connectivity index (χ0n) is 16.3. The van der Waals surface area contributed by atoms with Crippen molar-refractivity contribution in [2.24, 2.45) is 0 Å². The molecule has 0 aromatic heterocycles. The number of nitrogens with one attached hydrogen (secondary N) is 1. The topological polar surface area (TPSA) is 84.9 Å². The maximum Gasteiger partial charge on any atom is 0.262 e. The molecule has 0 radical (unpaired) electrons. The minimum atomic E-state index is -3.69. The Morgan fingerprint density at radius 1 is 1.14 bits per heavy atom. The number of ether oxygens (including phenoxy) is 2. The van der Waals surface area contributed by atoms with Gasteiger partial charge in [0.25, 0.3) is 5.91 Å². The van der Waals surface area contributed by atoms with E-state index in [0.717, 1.165) is 11.1 Å². The van der Waals surface area contributed by atoms with Gasteiger partial charge in [0.1, 0.15) is 5.75 Å². The standard InChI is InChI=1S/C20H23ClN2O5S/c1-14-3-4-16(11-15(14)2)28-13-20(24)22-19-12-17(5-6-18(19)21)29(25,26)23-7-9-27-10-8-23/h3-6,11-12H,7-10,13H2,1-2H3,(H,22,24). The molecule has 1 fully saturated rings. The van der Waals surface area contributed by atoms with E-state index < -0.39 is 15.9 Å². The average molecular weight is 439 g/mol. The van der Waals surface area contributed by atoms with Crippen LogP contribution in [0, 0.1) is 13.8 Å². The number of hydrogen-bond donors (Lipinski definition) is 1. The second kappa shape index (κ2) is 9.13. The van der Waals surface area contributed by atoms with Gasteiger partial charge in [-0.15, -0.1) is 0 Å². The Morgan fingerprint density at radius 2 is 1.86 bits per heavy atom. The third-order valence-corrected chi connectivity index (χ3v) is 6.89. The molecule has 1 heterocycles. The zero-order chi connectivity index (χ0) is 21.0. The predicted octanol–water partition coefficient (Wildman–Crippen LogP) is 3.00. The van der Waals surface area contributed by atoms with Gasteiger partial charge in [-0.05, 0) is 55.3 Å². The summed E-state index contributed by atoms with van der Waals surface area (Å²) in [5.74, 6) is 0.143. The van der Waals surface area contributed by atoms with Crippen molar-refractivity contribution in [2.75, 3.05) is 38.2 Å². The van der Waals surface area contributed by atoms with E-state index in [2.05, 4.69) is 5.32 Å². The maximum atomic E-state index is 12.8. The molecule has 1 N–H and O–H groups in total. The van der Waals surface area contributed by atoms with Crippen LogP contribution in [-0.4, -0.2) is 51.5 Å². The number of carbonyl (C=O) groups is 1. The minimum Gasteiger partial charge on any atom is -0.484 e. The monoisotopic (exact) mass is 438 g/mol. The molecule has 7 nitrogen and oxygen atoms in total. The number of nitrogens with zero attached hydrogens (tertiary/aromatic N) is 1. The summed E-state index contributed by atoms with van der Waals surface area (Å²) >= 11 is 6.15. The highest BCUT2D eigenvalue weighted by atomic mass is 35.5. The minimum absolute atomic E-state index is 0.0641. The molecule has 2 aromatic carbocycles. The maximum absolute atomic E-state index is 12.8. The molecule has 9 heteroatoms. The highest BCUT2D eigenvalue weighted by molar-refractivity contribution is 7.89. The van der Waals surface area contributed by atoms with E-state index >= 15 is 0 Å². The number of morpholine rings is 1. The Morgan fingerprint density at radius 3 is 2.55 bits per heavy atom. The van der Waals surface area contributed by atoms with Crippen LogP contribution in [0.2, 0.25) is 5.02 Å². The molecule has 1 aliphatic rings. The fraction of sp³-hybridized carbons (Fsp3) is 0.350. The smallest absolute Gasteiger partial charge is 0.262 e. The third kappa shape index (κ3) is 5.27. The van der Waals surface area contributed by atoms with Crippen LogP contribution in [0.4, 0.5) is 5.69 Å². The zero-order valence-corrected chi connectivity index (χ0v) is 17.8. The summed E-state index contributed by atoms with van der Waals surface area (Å²) in [6.45, 7) is 5.01. The van der Waals surface area contributed by atoms with E-state index in [1.807, 2.05) is 26.0 Å². The van der Waals surface area contributed by atoms with Gasteiger partial charge in [0.15, 0.2) is 6.61 Å². The first kappa shape index (κ1) is 21.6. The molecule has 2 aromatic rings. The number of halogens is 1. The summed E-state index contributed by atoms with van der Waals surface area (Å²) < 4.78 is 37.7. The largest absolute Gasteiger partial charge is 0.484 e. The van der Waals surface area contributed by atoms with Gasteiger partial charge in [0.2, 0.25) is 10.0 Å². The summed E-state index contributed by atoms with van der Waals surface area (Å²) in [5.41, 5.74) is 2.41. The van der Waals surface area contributed by atoms with Crippen molar-refractivity contribution in [2.45, 2.75) is 18.7 Å². The SMILES string of the molecule is Cc1ccc(OCC(=O)Nc2cc(S(=O)(=O)N3CCOCC3)ccc2Cl)cc1C. The van der Waals surface area contributed by atoms with Gasteiger partial charge in [-0.2, -0.15) is 4.31 Å². The van der Waals surface area contributed by atoms with Crippen molar-refractivity contribution < 1.29 is 22.7 Å². The molecule has 3 rings (SSSR count). The number of benzene rings is 2. The van der Waals surface area contributed by atoms with Crippen molar-refractivity contribution in [1.82, 2.24) is 4.31 Å². The summed E-state index contributed by atoms with van der Waals surface area (Å²) in [6, 6.07) is 9.80. The number of sulfonamides is 1. The summed E-state index contributed by atoms with van der Waals surface area (Å²) in [4.78, 5) is 12.3. The molecule has 0 atom stereocenters. The van der Waals surface area contributed by atoms with Crippen LogP contribution in [0.15, 0.2) is 41.3 Å². The van der Waals surface area contributed by atoms with E-state index in [1.54, 1.807) is 6.07 Å². The lowest BCUT2D eigenvalue weighted by Crippen LogP contribution is -2.40. The Kier molecular flexibility index (Phi) is 6.79. The van der Waals surface area contributed by atoms with Crippen LogP contribution in [-0.2, 0) is 19.6 Å². The molecule has 0 aliphatic carbocycles. The molecule has 1 amide bonds. The fourth-order valence-electron chi connectivity index (χ4n) is 2.84. The summed E-state index contributed by atoms with van der Waals surface area (Å²) in [6.07, 6.45) is 0. The Hall–Kier alpha value is -2.13. The number of amides is 1. The quantitative estimate of drug-likeness (QED) is 0.749. The first-order chi connectivity index (χ1) is 13.8.